The van der Waals surface area contributed by atoms with Crippen LogP contribution in [-0.4, -0.2) is 50.0 Å². The molecule has 0 bridgehead atoms. The zero-order chi connectivity index (χ0) is 28.0. The average Bonchev–Trinajstić information content (AvgIpc) is 2.82. The van der Waals surface area contributed by atoms with Crippen molar-refractivity contribution in [3.63, 3.8) is 0 Å². The van der Waals surface area contributed by atoms with E-state index in [9.17, 15) is 18.0 Å². The summed E-state index contributed by atoms with van der Waals surface area (Å²) in [4.78, 5) is 28.4. The number of benzene rings is 2. The van der Waals surface area contributed by atoms with E-state index in [1.54, 1.807) is 36.4 Å². The monoisotopic (exact) mass is 549 g/mol. The summed E-state index contributed by atoms with van der Waals surface area (Å²) in [5, 5.41) is 3.52. The molecule has 0 saturated carbocycles. The standard InChI is InChI=1S/C28H40ClN3O4S/c1-8-20(3)30-27(34)25(9-2)31(18-21-10-14-23(29)15-11-21)26(33)19-32(37(7,35)36)24-16-12-22(13-17-24)28(4,5)6/h10-17,20,25H,8-9,18-19H2,1-7H3,(H,30,34)/t20-,25-/m1/s1. The Bertz CT molecular complexity index is 1160. The average molecular weight is 550 g/mol. The second kappa shape index (κ2) is 12.8. The molecule has 0 saturated heterocycles. The Morgan fingerprint density at radius 2 is 1.54 bits per heavy atom. The summed E-state index contributed by atoms with van der Waals surface area (Å²) in [6.45, 7) is 11.7. The number of hydrogen-bond acceptors (Lipinski definition) is 4. The first kappa shape index (κ1) is 30.6. The van der Waals surface area contributed by atoms with Gasteiger partial charge in [0.25, 0.3) is 0 Å². The molecule has 0 fully saturated rings. The van der Waals surface area contributed by atoms with Crippen molar-refractivity contribution in [2.24, 2.45) is 0 Å². The lowest BCUT2D eigenvalue weighted by molar-refractivity contribution is -0.140. The molecule has 2 aromatic carbocycles. The van der Waals surface area contributed by atoms with Crippen molar-refractivity contribution < 1.29 is 18.0 Å². The third kappa shape index (κ3) is 8.75. The highest BCUT2D eigenvalue weighted by Crippen LogP contribution is 2.26. The molecule has 2 atom stereocenters. The molecule has 0 aliphatic carbocycles. The van der Waals surface area contributed by atoms with Gasteiger partial charge in [-0.25, -0.2) is 8.42 Å². The fourth-order valence-electron chi connectivity index (χ4n) is 3.89. The Hall–Kier alpha value is -2.58. The quantitative estimate of drug-likeness (QED) is 0.421. The van der Waals surface area contributed by atoms with Crippen molar-refractivity contribution in [1.82, 2.24) is 10.2 Å². The number of sulfonamides is 1. The second-order valence-corrected chi connectivity index (χ2v) is 12.8. The van der Waals surface area contributed by atoms with Crippen LogP contribution in [0.3, 0.4) is 0 Å². The number of nitrogens with zero attached hydrogens (tertiary/aromatic N) is 2. The second-order valence-electron chi connectivity index (χ2n) is 10.5. The fraction of sp³-hybridized carbons (Fsp3) is 0.500. The van der Waals surface area contributed by atoms with Crippen molar-refractivity contribution in [3.8, 4) is 0 Å². The molecule has 204 valence electrons. The molecule has 0 aliphatic heterocycles. The molecule has 37 heavy (non-hydrogen) atoms. The lowest BCUT2D eigenvalue weighted by Crippen LogP contribution is -2.53. The van der Waals surface area contributed by atoms with Crippen molar-refractivity contribution in [2.75, 3.05) is 17.1 Å². The van der Waals surface area contributed by atoms with Gasteiger partial charge >= 0.3 is 0 Å². The molecule has 0 aliphatic rings. The highest BCUT2D eigenvalue weighted by atomic mass is 35.5. The van der Waals surface area contributed by atoms with Crippen LogP contribution in [-0.2, 0) is 31.6 Å². The Morgan fingerprint density at radius 3 is 2.00 bits per heavy atom. The first-order valence-electron chi connectivity index (χ1n) is 12.6. The molecule has 7 nitrogen and oxygen atoms in total. The van der Waals surface area contributed by atoms with Gasteiger partial charge in [0.1, 0.15) is 12.6 Å². The molecule has 2 rings (SSSR count). The van der Waals surface area contributed by atoms with Crippen molar-refractivity contribution in [3.05, 3.63) is 64.7 Å². The van der Waals surface area contributed by atoms with E-state index in [1.807, 2.05) is 32.9 Å². The molecule has 1 N–H and O–H groups in total. The van der Waals surface area contributed by atoms with Gasteiger partial charge in [0.15, 0.2) is 0 Å². The van der Waals surface area contributed by atoms with Gasteiger partial charge in [-0.15, -0.1) is 0 Å². The maximum absolute atomic E-state index is 13.7. The molecule has 2 aromatic rings. The van der Waals surface area contributed by atoms with Crippen molar-refractivity contribution in [1.29, 1.82) is 0 Å². The summed E-state index contributed by atoms with van der Waals surface area (Å²) in [7, 11) is -3.78. The van der Waals surface area contributed by atoms with Crippen LogP contribution in [0.4, 0.5) is 5.69 Å². The van der Waals surface area contributed by atoms with Gasteiger partial charge in [0.2, 0.25) is 21.8 Å². The van der Waals surface area contributed by atoms with E-state index < -0.39 is 28.5 Å². The summed E-state index contributed by atoms with van der Waals surface area (Å²) in [6.07, 6.45) is 2.20. The Morgan fingerprint density at radius 1 is 0.973 bits per heavy atom. The number of hydrogen-bond donors (Lipinski definition) is 1. The Labute approximate surface area is 227 Å². The number of carbonyl (C=O) groups is 2. The number of carbonyl (C=O) groups excluding carboxylic acids is 2. The van der Waals surface area contributed by atoms with Crippen LogP contribution in [0.1, 0.15) is 65.5 Å². The van der Waals surface area contributed by atoms with E-state index in [0.29, 0.717) is 17.1 Å². The number of anilines is 1. The maximum Gasteiger partial charge on any atom is 0.244 e. The zero-order valence-corrected chi connectivity index (χ0v) is 24.5. The van der Waals surface area contributed by atoms with Crippen LogP contribution in [0.2, 0.25) is 5.02 Å². The van der Waals surface area contributed by atoms with Gasteiger partial charge < -0.3 is 10.2 Å². The molecule has 0 radical (unpaired) electrons. The molecule has 2 amide bonds. The molecule has 0 heterocycles. The minimum atomic E-state index is -3.78. The van der Waals surface area contributed by atoms with Gasteiger partial charge in [-0.2, -0.15) is 0 Å². The Kier molecular flexibility index (Phi) is 10.6. The van der Waals surface area contributed by atoms with Gasteiger partial charge in [-0.3, -0.25) is 13.9 Å². The molecular formula is C28H40ClN3O4S. The molecule has 0 unspecified atom stereocenters. The van der Waals surface area contributed by atoms with Crippen LogP contribution in [0.25, 0.3) is 0 Å². The molecule has 9 heteroatoms. The Balaban J connectivity index is 2.44. The largest absolute Gasteiger partial charge is 0.352 e. The highest BCUT2D eigenvalue weighted by molar-refractivity contribution is 7.92. The SMILES string of the molecule is CC[C@@H](C)NC(=O)[C@@H](CC)N(Cc1ccc(Cl)cc1)C(=O)CN(c1ccc(C(C)(C)C)cc1)S(C)(=O)=O. The maximum atomic E-state index is 13.7. The van der Waals surface area contributed by atoms with E-state index in [1.165, 1.54) is 4.90 Å². The predicted molar refractivity (Wildman–Crippen MR) is 151 cm³/mol. The predicted octanol–water partition coefficient (Wildman–Crippen LogP) is 5.13. The summed E-state index contributed by atoms with van der Waals surface area (Å²) >= 11 is 6.03. The van der Waals surface area contributed by atoms with Crippen molar-refractivity contribution in [2.45, 2.75) is 78.4 Å². The molecule has 0 aromatic heterocycles. The first-order chi connectivity index (χ1) is 17.2. The first-order valence-corrected chi connectivity index (χ1v) is 14.8. The van der Waals surface area contributed by atoms with Crippen LogP contribution in [0, 0.1) is 0 Å². The third-order valence-electron chi connectivity index (χ3n) is 6.35. The van der Waals surface area contributed by atoms with Gasteiger partial charge in [-0.1, -0.05) is 70.5 Å². The lowest BCUT2D eigenvalue weighted by Gasteiger charge is -2.33. The van der Waals surface area contributed by atoms with E-state index >= 15 is 0 Å². The van der Waals surface area contributed by atoms with Crippen LogP contribution < -0.4 is 9.62 Å². The van der Waals surface area contributed by atoms with E-state index in [2.05, 4.69) is 26.1 Å². The minimum absolute atomic E-state index is 0.0529. The van der Waals surface area contributed by atoms with Gasteiger partial charge in [0, 0.05) is 17.6 Å². The zero-order valence-electron chi connectivity index (χ0n) is 22.9. The van der Waals surface area contributed by atoms with E-state index in [-0.39, 0.29) is 23.9 Å². The van der Waals surface area contributed by atoms with Crippen LogP contribution in [0.15, 0.2) is 48.5 Å². The number of amides is 2. The van der Waals surface area contributed by atoms with E-state index in [4.69, 9.17) is 11.6 Å². The lowest BCUT2D eigenvalue weighted by atomic mass is 9.87. The fourth-order valence-corrected chi connectivity index (χ4v) is 4.86. The summed E-state index contributed by atoms with van der Waals surface area (Å²) in [5.41, 5.74) is 2.13. The summed E-state index contributed by atoms with van der Waals surface area (Å²) in [6, 6.07) is 13.4. The minimum Gasteiger partial charge on any atom is -0.352 e. The third-order valence-corrected chi connectivity index (χ3v) is 7.75. The topological polar surface area (TPSA) is 86.8 Å². The van der Waals surface area contributed by atoms with E-state index in [0.717, 1.165) is 28.1 Å². The number of nitrogens with one attached hydrogen (secondary N) is 1. The van der Waals surface area contributed by atoms with Crippen LogP contribution in [0.5, 0.6) is 0 Å². The summed E-state index contributed by atoms with van der Waals surface area (Å²) < 4.78 is 26.7. The molecular weight excluding hydrogens is 510 g/mol. The highest BCUT2D eigenvalue weighted by Gasteiger charge is 2.32. The number of rotatable bonds is 11. The molecule has 0 spiro atoms. The normalized spacial score (nSPS) is 13.5. The smallest absolute Gasteiger partial charge is 0.244 e. The van der Waals surface area contributed by atoms with Crippen molar-refractivity contribution >= 4 is 39.1 Å². The van der Waals surface area contributed by atoms with Gasteiger partial charge in [0.05, 0.1) is 11.9 Å². The van der Waals surface area contributed by atoms with Crippen LogP contribution >= 0.6 is 11.6 Å². The summed E-state index contributed by atoms with van der Waals surface area (Å²) in [5.74, 6) is -0.731. The number of halogens is 1. The van der Waals surface area contributed by atoms with Gasteiger partial charge in [-0.05, 0) is 60.6 Å².